The molecule has 1 aromatic rings. The molecule has 4 heteroatoms. The van der Waals surface area contributed by atoms with Gasteiger partial charge in [-0.2, -0.15) is 0 Å². The van der Waals surface area contributed by atoms with Gasteiger partial charge in [-0.05, 0) is 24.7 Å². The predicted octanol–water partition coefficient (Wildman–Crippen LogP) is 1.86. The molecule has 0 aliphatic heterocycles. The minimum Gasteiger partial charge on any atom is -0.379 e. The fourth-order valence-corrected chi connectivity index (χ4v) is 1.65. The summed E-state index contributed by atoms with van der Waals surface area (Å²) in [7, 11) is 2.09. The molecule has 0 atom stereocenters. The van der Waals surface area contributed by atoms with Crippen LogP contribution in [-0.2, 0) is 11.3 Å². The van der Waals surface area contributed by atoms with Crippen molar-refractivity contribution in [3.05, 3.63) is 34.3 Å². The molecular weight excluding hydrogens is 268 g/mol. The summed E-state index contributed by atoms with van der Waals surface area (Å²) in [6, 6.07) is 8.38. The van der Waals surface area contributed by atoms with Gasteiger partial charge >= 0.3 is 0 Å². The highest BCUT2D eigenvalue weighted by molar-refractivity contribution is 9.10. The van der Waals surface area contributed by atoms with Gasteiger partial charge in [-0.1, -0.05) is 28.1 Å². The van der Waals surface area contributed by atoms with Gasteiger partial charge in [0.1, 0.15) is 0 Å². The fourth-order valence-electron chi connectivity index (χ4n) is 1.39. The SMILES string of the molecule is CN(CCOCCN)Cc1ccc(Br)cc1. The third-order valence-electron chi connectivity index (χ3n) is 2.25. The van der Waals surface area contributed by atoms with Crippen LogP contribution in [0.15, 0.2) is 28.7 Å². The van der Waals surface area contributed by atoms with Gasteiger partial charge < -0.3 is 10.5 Å². The summed E-state index contributed by atoms with van der Waals surface area (Å²) < 4.78 is 6.45. The predicted molar refractivity (Wildman–Crippen MR) is 70.3 cm³/mol. The topological polar surface area (TPSA) is 38.5 Å². The zero-order valence-electron chi connectivity index (χ0n) is 9.66. The average Bonchev–Trinajstić information content (AvgIpc) is 2.28. The quantitative estimate of drug-likeness (QED) is 0.778. The number of likely N-dealkylation sites (N-methyl/N-ethyl adjacent to an activating group) is 1. The summed E-state index contributed by atoms with van der Waals surface area (Å²) in [6.45, 7) is 3.85. The standard InChI is InChI=1S/C12H19BrN2O/c1-15(7-9-16-8-6-14)10-11-2-4-12(13)5-3-11/h2-5H,6-10,14H2,1H3. The summed E-state index contributed by atoms with van der Waals surface area (Å²) in [6.07, 6.45) is 0. The molecule has 0 saturated heterocycles. The van der Waals surface area contributed by atoms with Crippen molar-refractivity contribution in [2.45, 2.75) is 6.54 Å². The molecule has 1 aromatic carbocycles. The monoisotopic (exact) mass is 286 g/mol. The Morgan fingerprint density at radius 3 is 2.56 bits per heavy atom. The van der Waals surface area contributed by atoms with Crippen molar-refractivity contribution < 1.29 is 4.74 Å². The molecule has 16 heavy (non-hydrogen) atoms. The lowest BCUT2D eigenvalue weighted by molar-refractivity contribution is 0.115. The molecule has 0 radical (unpaired) electrons. The van der Waals surface area contributed by atoms with Gasteiger partial charge in [0.15, 0.2) is 0 Å². The maximum absolute atomic E-state index is 5.34. The molecule has 0 aliphatic rings. The summed E-state index contributed by atoms with van der Waals surface area (Å²) in [4.78, 5) is 2.24. The molecule has 0 aliphatic carbocycles. The van der Waals surface area contributed by atoms with Crippen molar-refractivity contribution in [3.63, 3.8) is 0 Å². The third-order valence-corrected chi connectivity index (χ3v) is 2.77. The van der Waals surface area contributed by atoms with E-state index in [1.807, 2.05) is 0 Å². The average molecular weight is 287 g/mol. The minimum atomic E-state index is 0.594. The third kappa shape index (κ3) is 5.61. The lowest BCUT2D eigenvalue weighted by Gasteiger charge is -2.16. The van der Waals surface area contributed by atoms with E-state index >= 15 is 0 Å². The van der Waals surface area contributed by atoms with E-state index in [-0.39, 0.29) is 0 Å². The van der Waals surface area contributed by atoms with Crippen molar-refractivity contribution in [2.75, 3.05) is 33.4 Å². The second kappa shape index (κ2) is 7.79. The number of benzene rings is 1. The molecule has 3 nitrogen and oxygen atoms in total. The van der Waals surface area contributed by atoms with E-state index in [0.29, 0.717) is 13.2 Å². The largest absolute Gasteiger partial charge is 0.379 e. The minimum absolute atomic E-state index is 0.594. The molecule has 0 amide bonds. The van der Waals surface area contributed by atoms with E-state index in [1.54, 1.807) is 0 Å². The molecule has 0 unspecified atom stereocenters. The molecule has 90 valence electrons. The first-order valence-electron chi connectivity index (χ1n) is 5.43. The van der Waals surface area contributed by atoms with Crippen LogP contribution in [0.2, 0.25) is 0 Å². The highest BCUT2D eigenvalue weighted by Crippen LogP contribution is 2.11. The Kier molecular flexibility index (Phi) is 6.64. The molecule has 1 rings (SSSR count). The Balaban J connectivity index is 2.23. The van der Waals surface area contributed by atoms with Gasteiger partial charge in [-0.25, -0.2) is 0 Å². The van der Waals surface area contributed by atoms with Crippen LogP contribution in [0.3, 0.4) is 0 Å². The number of hydrogen-bond acceptors (Lipinski definition) is 3. The number of nitrogens with zero attached hydrogens (tertiary/aromatic N) is 1. The van der Waals surface area contributed by atoms with Crippen molar-refractivity contribution in [1.82, 2.24) is 4.90 Å². The molecule has 0 heterocycles. The van der Waals surface area contributed by atoms with Crippen LogP contribution in [0.1, 0.15) is 5.56 Å². The molecular formula is C12H19BrN2O. The first-order chi connectivity index (χ1) is 7.72. The Hall–Kier alpha value is -0.420. The number of halogens is 1. The van der Waals surface area contributed by atoms with E-state index in [2.05, 4.69) is 52.1 Å². The zero-order chi connectivity index (χ0) is 11.8. The van der Waals surface area contributed by atoms with Crippen LogP contribution in [0.4, 0.5) is 0 Å². The van der Waals surface area contributed by atoms with Gasteiger partial charge in [0, 0.05) is 24.1 Å². The van der Waals surface area contributed by atoms with Gasteiger partial charge in [-0.15, -0.1) is 0 Å². The van der Waals surface area contributed by atoms with E-state index < -0.39 is 0 Å². The Labute approximate surface area is 106 Å². The fraction of sp³-hybridized carbons (Fsp3) is 0.500. The summed E-state index contributed by atoms with van der Waals surface area (Å²) in [5.41, 5.74) is 6.65. The van der Waals surface area contributed by atoms with Crippen molar-refractivity contribution >= 4 is 15.9 Å². The second-order valence-electron chi connectivity index (χ2n) is 3.77. The Bertz CT molecular complexity index is 290. The molecule has 0 fully saturated rings. The Morgan fingerprint density at radius 2 is 1.94 bits per heavy atom. The van der Waals surface area contributed by atoms with Gasteiger partial charge in [0.05, 0.1) is 13.2 Å². The maximum atomic E-state index is 5.34. The van der Waals surface area contributed by atoms with Crippen molar-refractivity contribution in [1.29, 1.82) is 0 Å². The van der Waals surface area contributed by atoms with E-state index in [0.717, 1.165) is 24.2 Å². The van der Waals surface area contributed by atoms with Crippen molar-refractivity contribution in [2.24, 2.45) is 5.73 Å². The summed E-state index contributed by atoms with van der Waals surface area (Å²) >= 11 is 3.43. The maximum Gasteiger partial charge on any atom is 0.0594 e. The van der Waals surface area contributed by atoms with Gasteiger partial charge in [0.25, 0.3) is 0 Å². The first kappa shape index (κ1) is 13.6. The van der Waals surface area contributed by atoms with Gasteiger partial charge in [-0.3, -0.25) is 4.90 Å². The number of ether oxygens (including phenoxy) is 1. The normalized spacial score (nSPS) is 11.0. The summed E-state index contributed by atoms with van der Waals surface area (Å²) in [5, 5.41) is 0. The lowest BCUT2D eigenvalue weighted by atomic mass is 10.2. The van der Waals surface area contributed by atoms with Crippen LogP contribution in [0, 0.1) is 0 Å². The van der Waals surface area contributed by atoms with E-state index in [1.165, 1.54) is 5.56 Å². The summed E-state index contributed by atoms with van der Waals surface area (Å²) in [5.74, 6) is 0. The highest BCUT2D eigenvalue weighted by Gasteiger charge is 2.00. The molecule has 0 bridgehead atoms. The number of rotatable bonds is 7. The Morgan fingerprint density at radius 1 is 1.25 bits per heavy atom. The van der Waals surface area contributed by atoms with Crippen LogP contribution < -0.4 is 5.73 Å². The van der Waals surface area contributed by atoms with Crippen LogP contribution >= 0.6 is 15.9 Å². The van der Waals surface area contributed by atoms with Crippen molar-refractivity contribution in [3.8, 4) is 0 Å². The molecule has 0 aromatic heterocycles. The van der Waals surface area contributed by atoms with E-state index in [9.17, 15) is 0 Å². The smallest absolute Gasteiger partial charge is 0.0594 e. The first-order valence-corrected chi connectivity index (χ1v) is 6.22. The van der Waals surface area contributed by atoms with Crippen LogP contribution in [-0.4, -0.2) is 38.3 Å². The second-order valence-corrected chi connectivity index (χ2v) is 4.68. The highest BCUT2D eigenvalue weighted by atomic mass is 79.9. The van der Waals surface area contributed by atoms with Gasteiger partial charge in [0.2, 0.25) is 0 Å². The molecule has 2 N–H and O–H groups in total. The number of hydrogen-bond donors (Lipinski definition) is 1. The lowest BCUT2D eigenvalue weighted by Crippen LogP contribution is -2.23. The molecule has 0 saturated carbocycles. The number of nitrogens with two attached hydrogens (primary N) is 1. The zero-order valence-corrected chi connectivity index (χ0v) is 11.2. The van der Waals surface area contributed by atoms with Crippen LogP contribution in [0.5, 0.6) is 0 Å². The van der Waals surface area contributed by atoms with E-state index in [4.69, 9.17) is 10.5 Å². The van der Waals surface area contributed by atoms with Crippen LogP contribution in [0.25, 0.3) is 0 Å². The molecule has 0 spiro atoms.